The maximum Gasteiger partial charge on any atom is 0.0720 e. The van der Waals surface area contributed by atoms with Crippen LogP contribution in [-0.2, 0) is 10.8 Å². The van der Waals surface area contributed by atoms with E-state index in [9.17, 15) is 0 Å². The molecule has 7 aromatic rings. The largest absolute Gasteiger partial charge is 0.265 e. The third-order valence-electron chi connectivity index (χ3n) is 10.5. The zero-order chi connectivity index (χ0) is 28.9. The first kappa shape index (κ1) is 24.0. The highest BCUT2D eigenvalue weighted by molar-refractivity contribution is 5.96. The minimum absolute atomic E-state index is 0.402. The van der Waals surface area contributed by atoms with Crippen molar-refractivity contribution >= 4 is 0 Å². The molecule has 0 radical (unpaired) electrons. The summed E-state index contributed by atoms with van der Waals surface area (Å²) in [6, 6.07) is 57.0. The van der Waals surface area contributed by atoms with Gasteiger partial charge in [0.1, 0.15) is 0 Å². The van der Waals surface area contributed by atoms with Gasteiger partial charge in [0, 0.05) is 12.4 Å². The Hall–Kier alpha value is -5.53. The van der Waals surface area contributed by atoms with Crippen molar-refractivity contribution in [2.75, 3.05) is 0 Å². The Morgan fingerprint density at radius 2 is 0.886 bits per heavy atom. The fourth-order valence-electron chi connectivity index (χ4n) is 8.97. The number of benzene rings is 6. The van der Waals surface area contributed by atoms with Crippen LogP contribution in [-0.4, -0.2) is 4.98 Å². The Bertz CT molecular complexity index is 2280. The zero-order valence-corrected chi connectivity index (χ0v) is 24.0. The van der Waals surface area contributed by atoms with Crippen LogP contribution in [0.2, 0.25) is 0 Å². The van der Waals surface area contributed by atoms with E-state index in [1.54, 1.807) is 0 Å². The van der Waals surface area contributed by atoms with Crippen LogP contribution in [0, 0.1) is 0 Å². The fraction of sp³-hybridized carbons (Fsp3) is 0.0465. The van der Waals surface area contributed by atoms with E-state index in [0.29, 0.717) is 0 Å². The first-order valence-electron chi connectivity index (χ1n) is 15.4. The lowest BCUT2D eigenvalue weighted by Crippen LogP contribution is -2.43. The fourth-order valence-corrected chi connectivity index (χ4v) is 8.97. The molecular weight excluding hydrogens is 530 g/mol. The lowest BCUT2D eigenvalue weighted by Gasteiger charge is -2.48. The van der Waals surface area contributed by atoms with Gasteiger partial charge in [0.05, 0.1) is 10.8 Å². The highest BCUT2D eigenvalue weighted by Crippen LogP contribution is 2.68. The summed E-state index contributed by atoms with van der Waals surface area (Å²) in [5, 5.41) is 0. The normalized spacial score (nSPS) is 19.5. The molecular formula is C43H27N. The van der Waals surface area contributed by atoms with Gasteiger partial charge in [-0.15, -0.1) is 0 Å². The third-order valence-corrected chi connectivity index (χ3v) is 10.5. The Morgan fingerprint density at radius 3 is 1.64 bits per heavy atom. The maximum atomic E-state index is 4.27. The second-order valence-electron chi connectivity index (χ2n) is 12.2. The number of aromatic nitrogens is 1. The molecule has 1 aromatic heterocycles. The molecule has 2 atom stereocenters. The summed E-state index contributed by atoms with van der Waals surface area (Å²) in [5.41, 5.74) is 17.8. The van der Waals surface area contributed by atoms with Gasteiger partial charge in [-0.3, -0.25) is 4.98 Å². The third kappa shape index (κ3) is 2.70. The summed E-state index contributed by atoms with van der Waals surface area (Å²) in [7, 11) is 0. The van der Waals surface area contributed by atoms with Crippen LogP contribution in [0.3, 0.4) is 0 Å². The van der Waals surface area contributed by atoms with E-state index in [2.05, 4.69) is 157 Å². The molecule has 1 heteroatoms. The SMILES string of the molecule is c1ccc(C23c4ccccc4-c4cccc(c42)C2(c4ccccc4-c4cc(-c5ccncc5)ccc42)c2ccccc23)cc1. The second-order valence-corrected chi connectivity index (χ2v) is 12.2. The van der Waals surface area contributed by atoms with Gasteiger partial charge in [-0.05, 0) is 96.1 Å². The minimum Gasteiger partial charge on any atom is -0.265 e. The molecule has 1 nitrogen and oxygen atoms in total. The van der Waals surface area contributed by atoms with Crippen molar-refractivity contribution in [2.24, 2.45) is 0 Å². The van der Waals surface area contributed by atoms with Gasteiger partial charge in [-0.25, -0.2) is 0 Å². The molecule has 0 saturated heterocycles. The highest BCUT2D eigenvalue weighted by atomic mass is 14.6. The van der Waals surface area contributed by atoms with Crippen molar-refractivity contribution < 1.29 is 0 Å². The average molecular weight is 558 g/mol. The van der Waals surface area contributed by atoms with Crippen molar-refractivity contribution in [3.05, 3.63) is 209 Å². The molecule has 0 aliphatic heterocycles. The number of fused-ring (bicyclic) bond motifs is 12. The van der Waals surface area contributed by atoms with Gasteiger partial charge in [-0.2, -0.15) is 0 Å². The van der Waals surface area contributed by atoms with Gasteiger partial charge < -0.3 is 0 Å². The molecule has 1 spiro atoms. The van der Waals surface area contributed by atoms with Gasteiger partial charge in [0.25, 0.3) is 0 Å². The maximum absolute atomic E-state index is 4.27. The van der Waals surface area contributed by atoms with Crippen molar-refractivity contribution in [3.8, 4) is 33.4 Å². The first-order valence-corrected chi connectivity index (χ1v) is 15.4. The van der Waals surface area contributed by atoms with E-state index >= 15 is 0 Å². The molecule has 0 N–H and O–H groups in total. The lowest BCUT2D eigenvalue weighted by molar-refractivity contribution is 0.636. The molecule has 0 fully saturated rings. The van der Waals surface area contributed by atoms with Crippen molar-refractivity contribution in [3.63, 3.8) is 0 Å². The van der Waals surface area contributed by atoms with Crippen LogP contribution >= 0.6 is 0 Å². The molecule has 204 valence electrons. The van der Waals surface area contributed by atoms with Crippen LogP contribution in [0.5, 0.6) is 0 Å². The first-order chi connectivity index (χ1) is 21.8. The van der Waals surface area contributed by atoms with E-state index in [4.69, 9.17) is 0 Å². The van der Waals surface area contributed by atoms with E-state index in [-0.39, 0.29) is 0 Å². The average Bonchev–Trinajstić information content (AvgIpc) is 3.57. The van der Waals surface area contributed by atoms with E-state index in [1.165, 1.54) is 77.9 Å². The predicted molar refractivity (Wildman–Crippen MR) is 178 cm³/mol. The number of rotatable bonds is 2. The number of hydrogen-bond acceptors (Lipinski definition) is 1. The molecule has 3 aliphatic carbocycles. The minimum atomic E-state index is -0.440. The van der Waals surface area contributed by atoms with Crippen LogP contribution in [0.1, 0.15) is 44.5 Å². The van der Waals surface area contributed by atoms with Gasteiger partial charge in [0.2, 0.25) is 0 Å². The molecule has 0 saturated carbocycles. The van der Waals surface area contributed by atoms with Crippen LogP contribution < -0.4 is 0 Å². The summed E-state index contributed by atoms with van der Waals surface area (Å²) in [4.78, 5) is 4.27. The smallest absolute Gasteiger partial charge is 0.0720 e. The molecule has 2 unspecified atom stereocenters. The van der Waals surface area contributed by atoms with E-state index in [0.717, 1.165) is 0 Å². The summed E-state index contributed by atoms with van der Waals surface area (Å²) < 4.78 is 0. The molecule has 44 heavy (non-hydrogen) atoms. The summed E-state index contributed by atoms with van der Waals surface area (Å²) in [5.74, 6) is 0. The van der Waals surface area contributed by atoms with Crippen molar-refractivity contribution in [1.29, 1.82) is 0 Å². The molecule has 10 rings (SSSR count). The van der Waals surface area contributed by atoms with Crippen LogP contribution in [0.15, 0.2) is 164 Å². The number of pyridine rings is 1. The van der Waals surface area contributed by atoms with E-state index < -0.39 is 10.8 Å². The standard InChI is InChI=1S/C43H27N/c1-2-11-30(12-3-1)42-35-16-6-4-13-31(35)33-15-10-20-40(41(33)42)43(39-19-9-8-18-38(39)42)36-17-7-5-14-32(36)34-27-29(21-22-37(34)43)28-23-25-44-26-24-28/h1-27H. The quantitative estimate of drug-likeness (QED) is 0.206. The van der Waals surface area contributed by atoms with Crippen LogP contribution in [0.4, 0.5) is 0 Å². The van der Waals surface area contributed by atoms with Gasteiger partial charge in [0.15, 0.2) is 0 Å². The topological polar surface area (TPSA) is 12.9 Å². The predicted octanol–water partition coefficient (Wildman–Crippen LogP) is 9.79. The molecule has 6 aromatic carbocycles. The monoisotopic (exact) mass is 557 g/mol. The van der Waals surface area contributed by atoms with Gasteiger partial charge >= 0.3 is 0 Å². The highest BCUT2D eigenvalue weighted by Gasteiger charge is 2.59. The van der Waals surface area contributed by atoms with Crippen molar-refractivity contribution in [1.82, 2.24) is 4.98 Å². The summed E-state index contributed by atoms with van der Waals surface area (Å²) >= 11 is 0. The molecule has 0 amide bonds. The Morgan fingerprint density at radius 1 is 0.341 bits per heavy atom. The molecule has 1 heterocycles. The van der Waals surface area contributed by atoms with Crippen molar-refractivity contribution in [2.45, 2.75) is 10.8 Å². The number of nitrogens with zero attached hydrogens (tertiary/aromatic N) is 1. The van der Waals surface area contributed by atoms with E-state index in [1.807, 2.05) is 12.4 Å². The second kappa shape index (κ2) is 8.52. The number of hydrogen-bond donors (Lipinski definition) is 0. The van der Waals surface area contributed by atoms with Gasteiger partial charge in [-0.1, -0.05) is 133 Å². The Labute approximate surface area is 257 Å². The Kier molecular flexibility index (Phi) is 4.64. The summed E-state index contributed by atoms with van der Waals surface area (Å²) in [6.07, 6.45) is 3.76. The molecule has 3 aliphatic rings. The zero-order valence-electron chi connectivity index (χ0n) is 24.0. The molecule has 0 bridgehead atoms. The van der Waals surface area contributed by atoms with Crippen LogP contribution in [0.25, 0.3) is 33.4 Å². The Balaban J connectivity index is 1.40. The summed E-state index contributed by atoms with van der Waals surface area (Å²) in [6.45, 7) is 0. The lowest BCUT2D eigenvalue weighted by atomic mass is 9.52.